The summed E-state index contributed by atoms with van der Waals surface area (Å²) in [5, 5.41) is 3.02. The van der Waals surface area contributed by atoms with Crippen LogP contribution in [-0.4, -0.2) is 12.5 Å². The maximum Gasteiger partial charge on any atom is 0.387 e. The van der Waals surface area contributed by atoms with E-state index in [9.17, 15) is 13.6 Å². The van der Waals surface area contributed by atoms with Crippen LogP contribution in [0, 0.1) is 17.8 Å². The number of hydrogen-bond donors (Lipinski definition) is 1. The van der Waals surface area contributed by atoms with Crippen molar-refractivity contribution in [3.05, 3.63) is 29.8 Å². The topological polar surface area (TPSA) is 38.3 Å². The van der Waals surface area contributed by atoms with Crippen molar-refractivity contribution in [2.45, 2.75) is 45.3 Å². The van der Waals surface area contributed by atoms with Gasteiger partial charge in [0.25, 0.3) is 0 Å². The van der Waals surface area contributed by atoms with E-state index in [2.05, 4.69) is 10.1 Å². The molecule has 1 aromatic rings. The lowest BCUT2D eigenvalue weighted by atomic mass is 9.88. The molecule has 2 aliphatic rings. The van der Waals surface area contributed by atoms with Gasteiger partial charge in [-0.3, -0.25) is 4.79 Å². The Morgan fingerprint density at radius 3 is 2.77 bits per heavy atom. The summed E-state index contributed by atoms with van der Waals surface area (Å²) in [4.78, 5) is 12.4. The molecule has 0 radical (unpaired) electrons. The van der Waals surface area contributed by atoms with Crippen molar-refractivity contribution in [1.29, 1.82) is 0 Å². The maximum absolute atomic E-state index is 12.4. The quantitative estimate of drug-likeness (QED) is 0.896. The van der Waals surface area contributed by atoms with Crippen LogP contribution >= 0.6 is 0 Å². The summed E-state index contributed by atoms with van der Waals surface area (Å²) in [6.07, 6.45) is 4.60. The van der Waals surface area contributed by atoms with Crippen molar-refractivity contribution in [3.8, 4) is 5.75 Å². The number of fused-ring (bicyclic) bond motifs is 2. The Kier molecular flexibility index (Phi) is 4.32. The number of ether oxygens (including phenoxy) is 1. The van der Waals surface area contributed by atoms with Gasteiger partial charge in [-0.05, 0) is 55.7 Å². The standard InChI is InChI=1S/C17H21F2NO2/c1-10(12-3-2-4-14(9-12)22-17(18)19)20-16(21)15-8-11-5-6-13(15)7-11/h2-4,9-11,13,15,17H,5-8H2,1H3,(H,20,21). The number of alkyl halides is 2. The van der Waals surface area contributed by atoms with Gasteiger partial charge in [0, 0.05) is 5.92 Å². The Morgan fingerprint density at radius 1 is 1.32 bits per heavy atom. The van der Waals surface area contributed by atoms with Gasteiger partial charge in [-0.15, -0.1) is 0 Å². The number of benzene rings is 1. The van der Waals surface area contributed by atoms with Crippen LogP contribution in [0.4, 0.5) is 8.78 Å². The zero-order chi connectivity index (χ0) is 15.7. The van der Waals surface area contributed by atoms with E-state index in [-0.39, 0.29) is 23.6 Å². The van der Waals surface area contributed by atoms with E-state index in [0.29, 0.717) is 5.92 Å². The molecular weight excluding hydrogens is 288 g/mol. The largest absolute Gasteiger partial charge is 0.435 e. The molecule has 4 unspecified atom stereocenters. The van der Waals surface area contributed by atoms with Crippen LogP contribution in [0.2, 0.25) is 0 Å². The van der Waals surface area contributed by atoms with E-state index >= 15 is 0 Å². The molecule has 3 nitrogen and oxygen atoms in total. The fourth-order valence-electron chi connectivity index (χ4n) is 3.93. The Bertz CT molecular complexity index is 549. The van der Waals surface area contributed by atoms with Gasteiger partial charge < -0.3 is 10.1 Å². The van der Waals surface area contributed by atoms with Crippen molar-refractivity contribution in [3.63, 3.8) is 0 Å². The van der Waals surface area contributed by atoms with Crippen molar-refractivity contribution in [1.82, 2.24) is 5.32 Å². The number of amides is 1. The van der Waals surface area contributed by atoms with Gasteiger partial charge in [-0.1, -0.05) is 18.6 Å². The molecular formula is C17H21F2NO2. The highest BCUT2D eigenvalue weighted by Crippen LogP contribution is 2.48. The van der Waals surface area contributed by atoms with Gasteiger partial charge in [0.15, 0.2) is 0 Å². The second kappa shape index (κ2) is 6.23. The first-order valence-electron chi connectivity index (χ1n) is 7.88. The number of nitrogens with one attached hydrogen (secondary N) is 1. The molecule has 2 saturated carbocycles. The molecule has 1 N–H and O–H groups in total. The lowest BCUT2D eigenvalue weighted by Crippen LogP contribution is -2.35. The number of rotatable bonds is 5. The van der Waals surface area contributed by atoms with Crippen molar-refractivity contribution in [2.75, 3.05) is 0 Å². The summed E-state index contributed by atoms with van der Waals surface area (Å²) in [6, 6.07) is 6.29. The fourth-order valence-corrected chi connectivity index (χ4v) is 3.93. The summed E-state index contributed by atoms with van der Waals surface area (Å²) < 4.78 is 28.9. The van der Waals surface area contributed by atoms with Gasteiger partial charge in [0.05, 0.1) is 6.04 Å². The van der Waals surface area contributed by atoms with Crippen LogP contribution in [0.25, 0.3) is 0 Å². The van der Waals surface area contributed by atoms with Gasteiger partial charge in [-0.2, -0.15) is 8.78 Å². The molecule has 5 heteroatoms. The minimum atomic E-state index is -2.84. The molecule has 120 valence electrons. The molecule has 0 spiro atoms. The van der Waals surface area contributed by atoms with Gasteiger partial charge in [0.1, 0.15) is 5.75 Å². The fraction of sp³-hybridized carbons (Fsp3) is 0.588. The lowest BCUT2D eigenvalue weighted by molar-refractivity contribution is -0.127. The minimum Gasteiger partial charge on any atom is -0.435 e. The van der Waals surface area contributed by atoms with Crippen LogP contribution in [0.15, 0.2) is 24.3 Å². The van der Waals surface area contributed by atoms with Gasteiger partial charge in [-0.25, -0.2) is 0 Å². The number of hydrogen-bond acceptors (Lipinski definition) is 2. The predicted molar refractivity (Wildman–Crippen MR) is 78.6 cm³/mol. The smallest absolute Gasteiger partial charge is 0.387 e. The minimum absolute atomic E-state index is 0.0971. The zero-order valence-corrected chi connectivity index (χ0v) is 12.6. The van der Waals surface area contributed by atoms with E-state index in [1.165, 1.54) is 18.9 Å². The molecule has 4 atom stereocenters. The molecule has 2 aliphatic carbocycles. The molecule has 1 aromatic carbocycles. The Hall–Kier alpha value is -1.65. The van der Waals surface area contributed by atoms with E-state index in [1.807, 2.05) is 13.0 Å². The summed E-state index contributed by atoms with van der Waals surface area (Å²) >= 11 is 0. The van der Waals surface area contributed by atoms with Crippen molar-refractivity contribution < 1.29 is 18.3 Å². The molecule has 1 amide bonds. The highest BCUT2D eigenvalue weighted by atomic mass is 19.3. The predicted octanol–water partition coefficient (Wildman–Crippen LogP) is 3.90. The molecule has 0 aromatic heterocycles. The molecule has 0 saturated heterocycles. The highest BCUT2D eigenvalue weighted by molar-refractivity contribution is 5.80. The summed E-state index contributed by atoms with van der Waals surface area (Å²) in [6.45, 7) is -0.971. The normalized spacial score (nSPS) is 27.9. The third-order valence-corrected chi connectivity index (χ3v) is 5.02. The third kappa shape index (κ3) is 3.23. The lowest BCUT2D eigenvalue weighted by Gasteiger charge is -2.23. The molecule has 2 fully saturated rings. The zero-order valence-electron chi connectivity index (χ0n) is 12.6. The average molecular weight is 309 g/mol. The Balaban J connectivity index is 1.61. The van der Waals surface area contributed by atoms with Crippen LogP contribution in [-0.2, 0) is 4.79 Å². The van der Waals surface area contributed by atoms with E-state index in [4.69, 9.17) is 0 Å². The molecule has 22 heavy (non-hydrogen) atoms. The first-order valence-corrected chi connectivity index (χ1v) is 7.88. The van der Waals surface area contributed by atoms with Gasteiger partial charge >= 0.3 is 6.61 Å². The van der Waals surface area contributed by atoms with E-state index in [0.717, 1.165) is 24.3 Å². The number of halogens is 2. The molecule has 0 heterocycles. The molecule has 3 rings (SSSR count). The van der Waals surface area contributed by atoms with Crippen LogP contribution < -0.4 is 10.1 Å². The molecule has 2 bridgehead atoms. The Labute approximate surface area is 129 Å². The second-order valence-corrected chi connectivity index (χ2v) is 6.46. The molecule has 0 aliphatic heterocycles. The monoisotopic (exact) mass is 309 g/mol. The SMILES string of the molecule is CC(NC(=O)C1CC2CCC1C2)c1cccc(OC(F)F)c1. The summed E-state index contributed by atoms with van der Waals surface area (Å²) in [5.41, 5.74) is 0.773. The second-order valence-electron chi connectivity index (χ2n) is 6.46. The van der Waals surface area contributed by atoms with Crippen molar-refractivity contribution >= 4 is 5.91 Å². The third-order valence-electron chi connectivity index (χ3n) is 5.02. The van der Waals surface area contributed by atoms with E-state index in [1.54, 1.807) is 12.1 Å². The average Bonchev–Trinajstić information content (AvgIpc) is 3.09. The Morgan fingerprint density at radius 2 is 2.14 bits per heavy atom. The summed E-state index contributed by atoms with van der Waals surface area (Å²) in [5.74, 6) is 1.60. The van der Waals surface area contributed by atoms with Crippen molar-refractivity contribution in [2.24, 2.45) is 17.8 Å². The van der Waals surface area contributed by atoms with Crippen LogP contribution in [0.3, 0.4) is 0 Å². The van der Waals surface area contributed by atoms with Crippen LogP contribution in [0.5, 0.6) is 5.75 Å². The number of carbonyl (C=O) groups is 1. The highest BCUT2D eigenvalue weighted by Gasteiger charge is 2.43. The van der Waals surface area contributed by atoms with Crippen LogP contribution in [0.1, 0.15) is 44.2 Å². The van der Waals surface area contributed by atoms with Gasteiger partial charge in [0.2, 0.25) is 5.91 Å². The first-order chi connectivity index (χ1) is 10.5. The summed E-state index contributed by atoms with van der Waals surface area (Å²) in [7, 11) is 0. The van der Waals surface area contributed by atoms with E-state index < -0.39 is 6.61 Å². The number of carbonyl (C=O) groups excluding carboxylic acids is 1. The first kappa shape index (κ1) is 15.3. The maximum atomic E-state index is 12.4.